The van der Waals surface area contributed by atoms with E-state index < -0.39 is 0 Å². The number of hydrogen-bond acceptors (Lipinski definition) is 3. The summed E-state index contributed by atoms with van der Waals surface area (Å²) in [5, 5.41) is 4.47. The fourth-order valence-electron chi connectivity index (χ4n) is 3.29. The van der Waals surface area contributed by atoms with E-state index in [4.69, 9.17) is 16.0 Å². The van der Waals surface area contributed by atoms with Crippen molar-refractivity contribution in [3.8, 4) is 0 Å². The van der Waals surface area contributed by atoms with Gasteiger partial charge in [0.1, 0.15) is 5.58 Å². The number of hydrogen-bond donors (Lipinski definition) is 2. The van der Waals surface area contributed by atoms with Crippen LogP contribution >= 0.6 is 11.6 Å². The Labute approximate surface area is 157 Å². The first-order chi connectivity index (χ1) is 12.6. The van der Waals surface area contributed by atoms with Crippen molar-refractivity contribution in [2.75, 3.05) is 43.4 Å². The van der Waals surface area contributed by atoms with Gasteiger partial charge in [-0.15, -0.1) is 0 Å². The Morgan fingerprint density at radius 3 is 2.69 bits per heavy atom. The van der Waals surface area contributed by atoms with Crippen LogP contribution in [0.2, 0.25) is 5.02 Å². The molecule has 1 aliphatic heterocycles. The Balaban J connectivity index is 1.60. The number of carbonyl (C=O) groups excluding carboxylic acids is 1. The molecule has 0 bridgehead atoms. The van der Waals surface area contributed by atoms with E-state index in [1.807, 2.05) is 36.4 Å². The number of likely N-dealkylation sites (N-methyl/N-ethyl adjacent to an activating group) is 1. The van der Waals surface area contributed by atoms with Gasteiger partial charge >= 0.3 is 0 Å². The molecule has 134 valence electrons. The normalized spacial score (nSPS) is 15.4. The van der Waals surface area contributed by atoms with Crippen molar-refractivity contribution >= 4 is 39.9 Å². The summed E-state index contributed by atoms with van der Waals surface area (Å²) in [6.07, 6.45) is 0. The molecular formula is C20H21ClN3O2+. The molecule has 6 heteroatoms. The summed E-state index contributed by atoms with van der Waals surface area (Å²) in [6, 6.07) is 15.0. The minimum absolute atomic E-state index is 0.274. The molecule has 1 amide bonds. The minimum atomic E-state index is -0.274. The van der Waals surface area contributed by atoms with Gasteiger partial charge in [-0.3, -0.25) is 4.79 Å². The van der Waals surface area contributed by atoms with E-state index in [-0.39, 0.29) is 5.91 Å². The monoisotopic (exact) mass is 370 g/mol. The number of carbonyl (C=O) groups is 1. The first-order valence-electron chi connectivity index (χ1n) is 8.76. The Kier molecular flexibility index (Phi) is 4.57. The second kappa shape index (κ2) is 7.02. The van der Waals surface area contributed by atoms with Crippen LogP contribution in [0.25, 0.3) is 11.0 Å². The molecule has 0 saturated carbocycles. The maximum Gasteiger partial charge on any atom is 0.291 e. The predicted octanol–water partition coefficient (Wildman–Crippen LogP) is 2.67. The van der Waals surface area contributed by atoms with E-state index in [2.05, 4.69) is 17.3 Å². The number of benzene rings is 2. The molecule has 1 fully saturated rings. The fourth-order valence-corrected chi connectivity index (χ4v) is 3.46. The van der Waals surface area contributed by atoms with Crippen LogP contribution in [0, 0.1) is 0 Å². The maximum absolute atomic E-state index is 12.7. The molecule has 3 aromatic rings. The Bertz CT molecular complexity index is 912. The Morgan fingerprint density at radius 2 is 1.92 bits per heavy atom. The number of amides is 1. The third-order valence-corrected chi connectivity index (χ3v) is 5.05. The van der Waals surface area contributed by atoms with E-state index in [9.17, 15) is 4.79 Å². The van der Waals surface area contributed by atoms with Gasteiger partial charge in [0.2, 0.25) is 0 Å². The highest BCUT2D eigenvalue weighted by atomic mass is 35.5. The molecule has 2 heterocycles. The summed E-state index contributed by atoms with van der Waals surface area (Å²) in [6.45, 7) is 4.03. The average Bonchev–Trinajstić information content (AvgIpc) is 3.07. The van der Waals surface area contributed by atoms with Crippen molar-refractivity contribution in [2.24, 2.45) is 0 Å². The second-order valence-electron chi connectivity index (χ2n) is 6.71. The maximum atomic E-state index is 12.7. The molecule has 26 heavy (non-hydrogen) atoms. The highest BCUT2D eigenvalue weighted by molar-refractivity contribution is 6.31. The number of halogens is 1. The zero-order valence-electron chi connectivity index (χ0n) is 14.6. The topological polar surface area (TPSA) is 49.9 Å². The summed E-state index contributed by atoms with van der Waals surface area (Å²) < 4.78 is 5.67. The zero-order chi connectivity index (χ0) is 18.1. The molecule has 1 aromatic heterocycles. The summed E-state index contributed by atoms with van der Waals surface area (Å²) >= 11 is 6.18. The zero-order valence-corrected chi connectivity index (χ0v) is 15.3. The van der Waals surface area contributed by atoms with Crippen molar-refractivity contribution in [2.45, 2.75) is 0 Å². The van der Waals surface area contributed by atoms with Gasteiger partial charge in [-0.05, 0) is 30.3 Å². The van der Waals surface area contributed by atoms with Crippen LogP contribution in [0.3, 0.4) is 0 Å². The lowest BCUT2D eigenvalue weighted by Gasteiger charge is -2.33. The number of piperazine rings is 1. The third-order valence-electron chi connectivity index (χ3n) is 4.81. The number of para-hydroxylation sites is 1. The summed E-state index contributed by atoms with van der Waals surface area (Å²) in [5.74, 6) is 0.0180. The van der Waals surface area contributed by atoms with Gasteiger partial charge in [-0.25, -0.2) is 0 Å². The van der Waals surface area contributed by atoms with Crippen LogP contribution in [0.4, 0.5) is 11.4 Å². The first-order valence-corrected chi connectivity index (χ1v) is 9.14. The van der Waals surface area contributed by atoms with Gasteiger partial charge in [0.15, 0.2) is 5.76 Å². The standard InChI is InChI=1S/C20H20ClN3O2/c1-23-8-10-24(11-9-23)17-7-6-15(21)13-16(17)22-20(25)19-12-14-4-2-3-5-18(14)26-19/h2-7,12-13H,8-11H2,1H3,(H,22,25)/p+1. The van der Waals surface area contributed by atoms with E-state index in [1.165, 1.54) is 4.90 Å². The number of anilines is 2. The quantitative estimate of drug-likeness (QED) is 0.745. The summed E-state index contributed by atoms with van der Waals surface area (Å²) in [4.78, 5) is 16.5. The summed E-state index contributed by atoms with van der Waals surface area (Å²) in [7, 11) is 2.20. The average molecular weight is 371 g/mol. The largest absolute Gasteiger partial charge is 0.451 e. The highest BCUT2D eigenvalue weighted by Gasteiger charge is 2.21. The third kappa shape index (κ3) is 3.41. The molecule has 0 unspecified atom stereocenters. The van der Waals surface area contributed by atoms with Crippen LogP contribution in [0.1, 0.15) is 10.6 Å². The predicted molar refractivity (Wildman–Crippen MR) is 104 cm³/mol. The lowest BCUT2D eigenvalue weighted by Crippen LogP contribution is -3.12. The molecule has 2 aromatic carbocycles. The molecule has 0 spiro atoms. The lowest BCUT2D eigenvalue weighted by atomic mass is 10.2. The van der Waals surface area contributed by atoms with Gasteiger partial charge in [-0.2, -0.15) is 0 Å². The molecule has 0 aliphatic carbocycles. The lowest BCUT2D eigenvalue weighted by molar-refractivity contribution is -0.880. The second-order valence-corrected chi connectivity index (χ2v) is 7.14. The van der Waals surface area contributed by atoms with Crippen molar-refractivity contribution in [1.82, 2.24) is 0 Å². The molecule has 1 saturated heterocycles. The molecule has 2 N–H and O–H groups in total. The molecule has 1 aliphatic rings. The van der Waals surface area contributed by atoms with Crippen molar-refractivity contribution in [1.29, 1.82) is 0 Å². The van der Waals surface area contributed by atoms with Gasteiger partial charge in [0, 0.05) is 10.4 Å². The van der Waals surface area contributed by atoms with E-state index in [0.29, 0.717) is 22.1 Å². The van der Waals surface area contributed by atoms with Crippen LogP contribution < -0.4 is 15.1 Å². The molecular weight excluding hydrogens is 350 g/mol. The Hall–Kier alpha value is -2.50. The highest BCUT2D eigenvalue weighted by Crippen LogP contribution is 2.30. The van der Waals surface area contributed by atoms with Crippen LogP contribution in [0.15, 0.2) is 52.9 Å². The smallest absolute Gasteiger partial charge is 0.291 e. The van der Waals surface area contributed by atoms with Gasteiger partial charge in [0.25, 0.3) is 5.91 Å². The number of furan rings is 1. The van der Waals surface area contributed by atoms with Crippen LogP contribution in [-0.4, -0.2) is 39.1 Å². The Morgan fingerprint density at radius 1 is 1.15 bits per heavy atom. The van der Waals surface area contributed by atoms with Crippen molar-refractivity contribution in [3.63, 3.8) is 0 Å². The fraction of sp³-hybridized carbons (Fsp3) is 0.250. The molecule has 5 nitrogen and oxygen atoms in total. The molecule has 0 atom stereocenters. The van der Waals surface area contributed by atoms with Crippen LogP contribution in [0.5, 0.6) is 0 Å². The number of nitrogens with zero attached hydrogens (tertiary/aromatic N) is 1. The SMILES string of the molecule is C[NH+]1CCN(c2ccc(Cl)cc2NC(=O)c2cc3ccccc3o2)CC1. The minimum Gasteiger partial charge on any atom is -0.451 e. The first kappa shape index (κ1) is 16.9. The number of fused-ring (bicyclic) bond motifs is 1. The van der Waals surface area contributed by atoms with Crippen LogP contribution in [-0.2, 0) is 0 Å². The van der Waals surface area contributed by atoms with Gasteiger partial charge in [0.05, 0.1) is 44.6 Å². The van der Waals surface area contributed by atoms with Crippen molar-refractivity contribution in [3.05, 3.63) is 59.3 Å². The van der Waals surface area contributed by atoms with Gasteiger partial charge < -0.3 is 19.5 Å². The molecule has 0 radical (unpaired) electrons. The van der Waals surface area contributed by atoms with E-state index >= 15 is 0 Å². The van der Waals surface area contributed by atoms with Crippen molar-refractivity contribution < 1.29 is 14.1 Å². The summed E-state index contributed by atoms with van der Waals surface area (Å²) in [5.41, 5.74) is 2.40. The van der Waals surface area contributed by atoms with E-state index in [1.54, 1.807) is 12.1 Å². The number of quaternary nitrogens is 1. The number of nitrogens with one attached hydrogen (secondary N) is 2. The van der Waals surface area contributed by atoms with E-state index in [0.717, 1.165) is 37.3 Å². The molecule has 4 rings (SSSR count). The van der Waals surface area contributed by atoms with Gasteiger partial charge in [-0.1, -0.05) is 29.8 Å². The number of rotatable bonds is 3.